The van der Waals surface area contributed by atoms with Crippen molar-refractivity contribution in [1.29, 1.82) is 0 Å². The van der Waals surface area contributed by atoms with Crippen molar-refractivity contribution in [1.82, 2.24) is 9.88 Å². The molecule has 0 spiro atoms. The Morgan fingerprint density at radius 1 is 1.53 bits per heavy atom. The van der Waals surface area contributed by atoms with Gasteiger partial charge in [0, 0.05) is 23.3 Å². The molecule has 0 saturated heterocycles. The number of hydrogen-bond donors (Lipinski definition) is 2. The molecule has 0 atom stereocenters. The topological polar surface area (TPSA) is 71.3 Å². The van der Waals surface area contributed by atoms with Gasteiger partial charge in [-0.05, 0) is 35.8 Å². The summed E-state index contributed by atoms with van der Waals surface area (Å²) in [5.74, 6) is -1.23. The first-order chi connectivity index (χ1) is 7.71. The summed E-state index contributed by atoms with van der Waals surface area (Å²) in [5.41, 5.74) is -0.296. The molecule has 0 bridgehead atoms. The second-order valence-corrected chi connectivity index (χ2v) is 5.48. The molecule has 17 heavy (non-hydrogen) atoms. The smallest absolute Gasteiger partial charge is 0.305 e. The third-order valence-corrected chi connectivity index (χ3v) is 2.68. The van der Waals surface area contributed by atoms with Crippen molar-refractivity contribution in [3.05, 3.63) is 22.4 Å². The van der Waals surface area contributed by atoms with Gasteiger partial charge in [0.1, 0.15) is 5.69 Å². The number of hydrogen-bond acceptors (Lipinski definition) is 2. The zero-order valence-corrected chi connectivity index (χ0v) is 11.5. The van der Waals surface area contributed by atoms with Gasteiger partial charge in [0.15, 0.2) is 0 Å². The Balaban J connectivity index is 2.79. The Kier molecular flexibility index (Phi) is 3.98. The lowest BCUT2D eigenvalue weighted by atomic mass is 10.0. The number of carbonyl (C=O) groups is 2. The van der Waals surface area contributed by atoms with Crippen LogP contribution in [0.2, 0.25) is 0 Å². The van der Waals surface area contributed by atoms with E-state index < -0.39 is 11.5 Å². The van der Waals surface area contributed by atoms with E-state index >= 15 is 0 Å². The minimum absolute atomic E-state index is 0.121. The van der Waals surface area contributed by atoms with Crippen LogP contribution in [0.3, 0.4) is 0 Å². The number of nitrogens with zero attached hydrogens (tertiary/aromatic N) is 1. The maximum absolute atomic E-state index is 11.9. The molecule has 0 radical (unpaired) electrons. The van der Waals surface area contributed by atoms with E-state index in [0.29, 0.717) is 5.69 Å². The van der Waals surface area contributed by atoms with Crippen LogP contribution in [0.1, 0.15) is 30.8 Å². The number of carboxylic acids is 1. The first-order valence-corrected chi connectivity index (χ1v) is 5.87. The second-order valence-electron chi connectivity index (χ2n) is 4.56. The number of amides is 1. The average molecular weight is 303 g/mol. The van der Waals surface area contributed by atoms with E-state index in [1.807, 2.05) is 0 Å². The minimum atomic E-state index is -0.941. The summed E-state index contributed by atoms with van der Waals surface area (Å²) in [5, 5.41) is 11.4. The van der Waals surface area contributed by atoms with Crippen molar-refractivity contribution < 1.29 is 14.7 Å². The van der Waals surface area contributed by atoms with Crippen molar-refractivity contribution in [3.63, 3.8) is 0 Å². The maximum Gasteiger partial charge on any atom is 0.305 e. The fraction of sp³-hybridized carbons (Fsp3) is 0.455. The third kappa shape index (κ3) is 3.89. The van der Waals surface area contributed by atoms with E-state index in [1.54, 1.807) is 37.7 Å². The van der Waals surface area contributed by atoms with Crippen molar-refractivity contribution in [2.24, 2.45) is 7.05 Å². The summed E-state index contributed by atoms with van der Waals surface area (Å²) in [4.78, 5) is 22.6. The molecule has 94 valence electrons. The van der Waals surface area contributed by atoms with Crippen molar-refractivity contribution in [2.45, 2.75) is 25.8 Å². The highest BCUT2D eigenvalue weighted by Gasteiger charge is 2.25. The first kappa shape index (κ1) is 13.8. The zero-order chi connectivity index (χ0) is 13.2. The van der Waals surface area contributed by atoms with E-state index in [0.717, 1.165) is 4.47 Å². The van der Waals surface area contributed by atoms with Crippen LogP contribution in [0.5, 0.6) is 0 Å². The minimum Gasteiger partial charge on any atom is -0.481 e. The van der Waals surface area contributed by atoms with E-state index in [1.165, 1.54) is 0 Å². The summed E-state index contributed by atoms with van der Waals surface area (Å²) in [6, 6.07) is 1.69. The Morgan fingerprint density at radius 2 is 2.12 bits per heavy atom. The van der Waals surface area contributed by atoms with E-state index in [4.69, 9.17) is 5.11 Å². The van der Waals surface area contributed by atoms with E-state index in [2.05, 4.69) is 21.2 Å². The lowest BCUT2D eigenvalue weighted by Gasteiger charge is -2.24. The van der Waals surface area contributed by atoms with Crippen LogP contribution >= 0.6 is 15.9 Å². The van der Waals surface area contributed by atoms with Crippen LogP contribution < -0.4 is 5.32 Å². The molecule has 0 aliphatic carbocycles. The number of nitrogens with one attached hydrogen (secondary N) is 1. The molecule has 0 fully saturated rings. The van der Waals surface area contributed by atoms with Gasteiger partial charge < -0.3 is 15.0 Å². The van der Waals surface area contributed by atoms with Crippen LogP contribution in [-0.4, -0.2) is 27.1 Å². The largest absolute Gasteiger partial charge is 0.481 e. The molecule has 1 amide bonds. The van der Waals surface area contributed by atoms with Crippen LogP contribution in [0.4, 0.5) is 0 Å². The zero-order valence-electron chi connectivity index (χ0n) is 9.95. The highest BCUT2D eigenvalue weighted by Crippen LogP contribution is 2.15. The number of aliphatic carboxylic acids is 1. The Bertz CT molecular complexity index is 452. The average Bonchev–Trinajstić information content (AvgIpc) is 2.41. The Labute approximate surface area is 108 Å². The van der Waals surface area contributed by atoms with E-state index in [9.17, 15) is 9.59 Å². The maximum atomic E-state index is 11.9. The van der Waals surface area contributed by atoms with Crippen molar-refractivity contribution in [2.75, 3.05) is 0 Å². The van der Waals surface area contributed by atoms with Gasteiger partial charge in [-0.3, -0.25) is 9.59 Å². The predicted octanol–water partition coefficient (Wildman–Crippen LogP) is 1.77. The number of carbonyl (C=O) groups excluding carboxylic acids is 1. The monoisotopic (exact) mass is 302 g/mol. The molecule has 0 aliphatic heterocycles. The van der Waals surface area contributed by atoms with Crippen molar-refractivity contribution in [3.8, 4) is 0 Å². The molecule has 1 aromatic rings. The van der Waals surface area contributed by atoms with Crippen LogP contribution in [0, 0.1) is 0 Å². The molecule has 0 aromatic carbocycles. The molecule has 0 unspecified atom stereocenters. The molecule has 1 rings (SSSR count). The second kappa shape index (κ2) is 4.91. The van der Waals surface area contributed by atoms with E-state index in [-0.39, 0.29) is 12.3 Å². The Hall–Kier alpha value is -1.30. The summed E-state index contributed by atoms with van der Waals surface area (Å²) in [6.07, 6.45) is 1.64. The summed E-state index contributed by atoms with van der Waals surface area (Å²) in [6.45, 7) is 3.36. The van der Waals surface area contributed by atoms with Crippen LogP contribution in [-0.2, 0) is 11.8 Å². The quantitative estimate of drug-likeness (QED) is 0.890. The number of aromatic nitrogens is 1. The first-order valence-electron chi connectivity index (χ1n) is 5.07. The third-order valence-electron chi connectivity index (χ3n) is 2.25. The van der Waals surface area contributed by atoms with Crippen LogP contribution in [0.25, 0.3) is 0 Å². The molecular weight excluding hydrogens is 288 g/mol. The molecule has 6 heteroatoms. The van der Waals surface area contributed by atoms with Gasteiger partial charge in [-0.15, -0.1) is 0 Å². The fourth-order valence-corrected chi connectivity index (χ4v) is 2.07. The van der Waals surface area contributed by atoms with Gasteiger partial charge in [-0.1, -0.05) is 0 Å². The lowest BCUT2D eigenvalue weighted by molar-refractivity contribution is -0.138. The molecule has 1 heterocycles. The summed E-state index contributed by atoms with van der Waals surface area (Å²) >= 11 is 3.28. The van der Waals surface area contributed by atoms with Gasteiger partial charge in [0.2, 0.25) is 0 Å². The molecule has 5 nitrogen and oxygen atoms in total. The van der Waals surface area contributed by atoms with Gasteiger partial charge >= 0.3 is 5.97 Å². The number of rotatable bonds is 4. The molecular formula is C11H15BrN2O3. The van der Waals surface area contributed by atoms with Gasteiger partial charge in [-0.25, -0.2) is 0 Å². The standard InChI is InChI=1S/C11H15BrN2O3/c1-11(2,5-9(15)16)13-10(17)8-4-7(12)6-14(8)3/h4,6H,5H2,1-3H3,(H,13,17)(H,15,16). The summed E-state index contributed by atoms with van der Waals surface area (Å²) in [7, 11) is 1.75. The predicted molar refractivity (Wildman–Crippen MR) is 66.9 cm³/mol. The molecule has 1 aromatic heterocycles. The highest BCUT2D eigenvalue weighted by atomic mass is 79.9. The summed E-state index contributed by atoms with van der Waals surface area (Å²) < 4.78 is 2.48. The van der Waals surface area contributed by atoms with Gasteiger partial charge in [0.25, 0.3) is 5.91 Å². The molecule has 2 N–H and O–H groups in total. The number of carboxylic acid groups (broad SMARTS) is 1. The SMILES string of the molecule is Cn1cc(Br)cc1C(=O)NC(C)(C)CC(=O)O. The lowest BCUT2D eigenvalue weighted by Crippen LogP contribution is -2.45. The fourth-order valence-electron chi connectivity index (χ4n) is 1.54. The van der Waals surface area contributed by atoms with Crippen molar-refractivity contribution >= 4 is 27.8 Å². The molecule has 0 aliphatic rings. The Morgan fingerprint density at radius 3 is 2.53 bits per heavy atom. The van der Waals surface area contributed by atoms with Gasteiger partial charge in [-0.2, -0.15) is 0 Å². The molecule has 0 saturated carbocycles. The number of aryl methyl sites for hydroxylation is 1. The van der Waals surface area contributed by atoms with Crippen LogP contribution in [0.15, 0.2) is 16.7 Å². The normalized spacial score (nSPS) is 11.3. The number of halogens is 1. The highest BCUT2D eigenvalue weighted by molar-refractivity contribution is 9.10. The van der Waals surface area contributed by atoms with Gasteiger partial charge in [0.05, 0.1) is 6.42 Å².